The summed E-state index contributed by atoms with van der Waals surface area (Å²) in [5.41, 5.74) is 0.587. The van der Waals surface area contributed by atoms with Gasteiger partial charge in [-0.3, -0.25) is 9.59 Å². The summed E-state index contributed by atoms with van der Waals surface area (Å²) in [4.78, 5) is 34.8. The number of fused-ring (bicyclic) bond motifs is 1. The fraction of sp³-hybridized carbons (Fsp3) is 0.444. The first-order chi connectivity index (χ1) is 18.6. The second-order valence-corrected chi connectivity index (χ2v) is 10.7. The summed E-state index contributed by atoms with van der Waals surface area (Å²) in [6.45, 7) is 1.63. The number of benzene rings is 2. The molecule has 1 atom stereocenters. The van der Waals surface area contributed by atoms with Crippen LogP contribution < -0.4 is 16.0 Å². The van der Waals surface area contributed by atoms with E-state index in [1.165, 1.54) is 6.42 Å². The third-order valence-electron chi connectivity index (χ3n) is 7.64. The first-order valence-corrected chi connectivity index (χ1v) is 13.3. The van der Waals surface area contributed by atoms with Crippen molar-refractivity contribution in [1.82, 2.24) is 25.5 Å². The van der Waals surface area contributed by atoms with Crippen molar-refractivity contribution in [3.8, 4) is 0 Å². The van der Waals surface area contributed by atoms with Crippen LogP contribution in [0.3, 0.4) is 0 Å². The molecule has 0 bridgehead atoms. The van der Waals surface area contributed by atoms with Gasteiger partial charge in [0.2, 0.25) is 11.9 Å². The molecule has 1 unspecified atom stereocenters. The van der Waals surface area contributed by atoms with E-state index < -0.39 is 17.5 Å². The van der Waals surface area contributed by atoms with E-state index in [0.717, 1.165) is 19.4 Å². The Labute approximate surface area is 228 Å². The maximum absolute atomic E-state index is 13.2. The van der Waals surface area contributed by atoms with Gasteiger partial charge in [0.05, 0.1) is 21.7 Å². The Balaban J connectivity index is 1.21. The first kappa shape index (κ1) is 27.3. The highest BCUT2D eigenvalue weighted by Gasteiger charge is 2.68. The lowest BCUT2D eigenvalue weighted by Crippen LogP contribution is -2.40. The minimum absolute atomic E-state index is 0.0713. The molecule has 2 aliphatic rings. The lowest BCUT2D eigenvalue weighted by atomic mass is 10.1. The van der Waals surface area contributed by atoms with Crippen molar-refractivity contribution < 1.29 is 22.8 Å². The average Bonchev–Trinajstić information content (AvgIpc) is 3.49. The van der Waals surface area contributed by atoms with Crippen LogP contribution in [0.15, 0.2) is 36.4 Å². The van der Waals surface area contributed by atoms with Crippen LogP contribution >= 0.6 is 11.6 Å². The predicted molar refractivity (Wildman–Crippen MR) is 143 cm³/mol. The lowest BCUT2D eigenvalue weighted by Gasteiger charge is -2.19. The SMILES string of the molecule is CN1CCCC1CCNC(=O)c1ccc2nc(Nc3cc(CNC(=O)C4(C(F)(F)F)CC4)ccc3Cl)[nH]c2c1. The molecule has 0 radical (unpaired) electrons. The summed E-state index contributed by atoms with van der Waals surface area (Å²) in [5.74, 6) is -0.788. The van der Waals surface area contributed by atoms with Crippen LogP contribution in [0, 0.1) is 5.41 Å². The van der Waals surface area contributed by atoms with E-state index in [2.05, 4.69) is 37.9 Å². The fourth-order valence-corrected chi connectivity index (χ4v) is 5.19. The molecule has 2 fully saturated rings. The fourth-order valence-electron chi connectivity index (χ4n) is 5.03. The van der Waals surface area contributed by atoms with Crippen LogP contribution in [-0.2, 0) is 11.3 Å². The molecule has 1 saturated heterocycles. The Kier molecular flexibility index (Phi) is 7.47. The van der Waals surface area contributed by atoms with Gasteiger partial charge in [-0.1, -0.05) is 17.7 Å². The number of alkyl halides is 3. The number of rotatable bonds is 9. The van der Waals surface area contributed by atoms with Crippen LogP contribution in [0.25, 0.3) is 11.0 Å². The third-order valence-corrected chi connectivity index (χ3v) is 7.97. The highest BCUT2D eigenvalue weighted by Crippen LogP contribution is 2.57. The summed E-state index contributed by atoms with van der Waals surface area (Å²) in [6.07, 6.45) is -1.68. The number of hydrogen-bond acceptors (Lipinski definition) is 5. The topological polar surface area (TPSA) is 102 Å². The van der Waals surface area contributed by atoms with E-state index in [4.69, 9.17) is 11.6 Å². The van der Waals surface area contributed by atoms with Gasteiger partial charge in [0.1, 0.15) is 5.41 Å². The van der Waals surface area contributed by atoms with Gasteiger partial charge in [-0.05, 0) is 81.6 Å². The normalized spacial score (nSPS) is 18.7. The zero-order chi connectivity index (χ0) is 27.8. The van der Waals surface area contributed by atoms with Crippen molar-refractivity contribution >= 4 is 46.1 Å². The van der Waals surface area contributed by atoms with Gasteiger partial charge in [-0.15, -0.1) is 0 Å². The first-order valence-electron chi connectivity index (χ1n) is 12.9. The summed E-state index contributed by atoms with van der Waals surface area (Å²) in [5, 5.41) is 8.83. The molecule has 4 N–H and O–H groups in total. The quantitative estimate of drug-likeness (QED) is 0.289. The van der Waals surface area contributed by atoms with E-state index in [0.29, 0.717) is 51.4 Å². The average molecular weight is 563 g/mol. The maximum atomic E-state index is 13.2. The molecule has 208 valence electrons. The standard InChI is InChI=1S/C27H30ClF3N6O2/c1-37-12-2-3-18(37)8-11-32-23(38)17-5-7-20-22(14-17)36-25(34-20)35-21-13-16(4-6-19(21)28)15-33-24(39)26(9-10-26)27(29,30)31/h4-7,13-14,18H,2-3,8-12,15H2,1H3,(H,32,38)(H,33,39)(H2,34,35,36). The Morgan fingerprint density at radius 2 is 1.97 bits per heavy atom. The Bertz CT molecular complexity index is 1390. The Hall–Kier alpha value is -3.31. The van der Waals surface area contributed by atoms with Crippen molar-refractivity contribution in [2.45, 2.75) is 50.9 Å². The number of carbonyl (C=O) groups is 2. The Morgan fingerprint density at radius 1 is 1.18 bits per heavy atom. The van der Waals surface area contributed by atoms with Crippen molar-refractivity contribution in [3.05, 3.63) is 52.5 Å². The van der Waals surface area contributed by atoms with Crippen molar-refractivity contribution in [2.24, 2.45) is 5.41 Å². The van der Waals surface area contributed by atoms with Crippen molar-refractivity contribution in [3.63, 3.8) is 0 Å². The summed E-state index contributed by atoms with van der Waals surface area (Å²) in [6, 6.07) is 10.6. The van der Waals surface area contributed by atoms with Crippen LogP contribution in [0.2, 0.25) is 5.02 Å². The largest absolute Gasteiger partial charge is 0.403 e. The minimum atomic E-state index is -4.56. The third kappa shape index (κ3) is 5.84. The number of nitrogens with zero attached hydrogens (tertiary/aromatic N) is 2. The molecule has 1 aliphatic carbocycles. The number of anilines is 2. The molecular formula is C27H30ClF3N6O2. The van der Waals surface area contributed by atoms with Crippen molar-refractivity contribution in [2.75, 3.05) is 25.5 Å². The van der Waals surface area contributed by atoms with Crippen LogP contribution in [0.5, 0.6) is 0 Å². The number of aromatic nitrogens is 2. The van der Waals surface area contributed by atoms with Crippen LogP contribution in [0.1, 0.15) is 48.0 Å². The molecule has 39 heavy (non-hydrogen) atoms. The molecule has 12 heteroatoms. The van der Waals surface area contributed by atoms with Crippen LogP contribution in [0.4, 0.5) is 24.8 Å². The van der Waals surface area contributed by atoms with Gasteiger partial charge in [0.25, 0.3) is 5.91 Å². The van der Waals surface area contributed by atoms with E-state index in [1.807, 2.05) is 0 Å². The zero-order valence-corrected chi connectivity index (χ0v) is 22.2. The number of amides is 2. The number of halogens is 4. The lowest BCUT2D eigenvalue weighted by molar-refractivity contribution is -0.192. The summed E-state index contributed by atoms with van der Waals surface area (Å²) in [7, 11) is 2.11. The van der Waals surface area contributed by atoms with Gasteiger partial charge in [0.15, 0.2) is 0 Å². The number of H-pyrrole nitrogens is 1. The molecule has 5 rings (SSSR count). The van der Waals surface area contributed by atoms with Crippen LogP contribution in [-0.4, -0.2) is 59.0 Å². The molecule has 8 nitrogen and oxygen atoms in total. The zero-order valence-electron chi connectivity index (χ0n) is 21.4. The van der Waals surface area contributed by atoms with E-state index in [-0.39, 0.29) is 25.3 Å². The summed E-state index contributed by atoms with van der Waals surface area (Å²) >= 11 is 6.33. The monoisotopic (exact) mass is 562 g/mol. The van der Waals surface area contributed by atoms with E-state index in [9.17, 15) is 22.8 Å². The molecule has 2 aromatic carbocycles. The minimum Gasteiger partial charge on any atom is -0.352 e. The number of carbonyl (C=O) groups excluding carboxylic acids is 2. The predicted octanol–water partition coefficient (Wildman–Crippen LogP) is 5.13. The molecule has 1 aliphatic heterocycles. The smallest absolute Gasteiger partial charge is 0.352 e. The maximum Gasteiger partial charge on any atom is 0.403 e. The second kappa shape index (κ2) is 10.7. The van der Waals surface area contributed by atoms with E-state index in [1.54, 1.807) is 36.4 Å². The number of nitrogens with one attached hydrogen (secondary N) is 4. The van der Waals surface area contributed by atoms with Gasteiger partial charge < -0.3 is 25.8 Å². The molecule has 1 saturated carbocycles. The van der Waals surface area contributed by atoms with Gasteiger partial charge in [-0.25, -0.2) is 4.98 Å². The summed E-state index contributed by atoms with van der Waals surface area (Å²) < 4.78 is 39.6. The molecular weight excluding hydrogens is 533 g/mol. The highest BCUT2D eigenvalue weighted by molar-refractivity contribution is 6.33. The highest BCUT2D eigenvalue weighted by atomic mass is 35.5. The molecule has 1 aromatic heterocycles. The molecule has 2 amide bonds. The number of likely N-dealkylation sites (tertiary alicyclic amines) is 1. The van der Waals surface area contributed by atoms with Gasteiger partial charge in [-0.2, -0.15) is 13.2 Å². The second-order valence-electron chi connectivity index (χ2n) is 10.3. The van der Waals surface area contributed by atoms with Crippen molar-refractivity contribution in [1.29, 1.82) is 0 Å². The number of imidazole rings is 1. The Morgan fingerprint density at radius 3 is 2.67 bits per heavy atom. The number of hydrogen-bond donors (Lipinski definition) is 4. The van der Waals surface area contributed by atoms with Gasteiger partial charge in [0, 0.05) is 24.7 Å². The number of aromatic amines is 1. The van der Waals surface area contributed by atoms with Gasteiger partial charge >= 0.3 is 6.18 Å². The van der Waals surface area contributed by atoms with E-state index >= 15 is 0 Å². The molecule has 3 aromatic rings. The molecule has 0 spiro atoms. The molecule has 2 heterocycles.